The van der Waals surface area contributed by atoms with E-state index in [4.69, 9.17) is 4.74 Å². The van der Waals surface area contributed by atoms with Gasteiger partial charge in [0.15, 0.2) is 6.61 Å². The minimum Gasteiger partial charge on any atom is -0.452 e. The topological polar surface area (TPSA) is 68.3 Å². The highest BCUT2D eigenvalue weighted by Gasteiger charge is 2.25. The van der Waals surface area contributed by atoms with Crippen LogP contribution in [0.3, 0.4) is 0 Å². The molecule has 3 aromatic rings. The fourth-order valence-electron chi connectivity index (χ4n) is 3.38. The van der Waals surface area contributed by atoms with Crippen molar-refractivity contribution in [2.75, 3.05) is 11.9 Å². The first-order valence-corrected chi connectivity index (χ1v) is 8.75. The number of halogens is 1. The molecule has 0 fully saturated rings. The number of nitrogens with zero attached hydrogens (tertiary/aromatic N) is 1. The number of ether oxygens (including phenoxy) is 1. The van der Waals surface area contributed by atoms with Crippen LogP contribution in [0.25, 0.3) is 10.9 Å². The second-order valence-electron chi connectivity index (χ2n) is 6.41. The number of hydrogen-bond acceptors (Lipinski definition) is 4. The van der Waals surface area contributed by atoms with E-state index in [1.54, 1.807) is 0 Å². The highest BCUT2D eigenvalue weighted by Crippen LogP contribution is 2.30. The summed E-state index contributed by atoms with van der Waals surface area (Å²) >= 11 is 0. The zero-order valence-corrected chi connectivity index (χ0v) is 14.5. The Morgan fingerprint density at radius 3 is 2.67 bits per heavy atom. The number of para-hydroxylation sites is 1. The molecule has 1 N–H and O–H groups in total. The summed E-state index contributed by atoms with van der Waals surface area (Å²) in [5, 5.41) is 3.31. The van der Waals surface area contributed by atoms with Crippen molar-refractivity contribution >= 4 is 28.5 Å². The van der Waals surface area contributed by atoms with E-state index in [1.165, 1.54) is 24.3 Å². The minimum absolute atomic E-state index is 0.391. The van der Waals surface area contributed by atoms with Gasteiger partial charge in [-0.15, -0.1) is 0 Å². The molecular formula is C21H17FN2O3. The number of aryl methyl sites for hydroxylation is 1. The maximum absolute atomic E-state index is 12.9. The van der Waals surface area contributed by atoms with Crippen molar-refractivity contribution in [3.05, 3.63) is 71.2 Å². The highest BCUT2D eigenvalue weighted by molar-refractivity contribution is 6.06. The summed E-state index contributed by atoms with van der Waals surface area (Å²) in [6.45, 7) is -0.415. The van der Waals surface area contributed by atoms with Gasteiger partial charge < -0.3 is 10.1 Å². The summed E-state index contributed by atoms with van der Waals surface area (Å²) in [4.78, 5) is 29.4. The summed E-state index contributed by atoms with van der Waals surface area (Å²) in [7, 11) is 0. The number of carbonyl (C=O) groups excluding carboxylic acids is 2. The quantitative estimate of drug-likeness (QED) is 0.718. The van der Waals surface area contributed by atoms with Gasteiger partial charge in [-0.1, -0.05) is 18.2 Å². The molecule has 0 radical (unpaired) electrons. The molecule has 0 saturated heterocycles. The van der Waals surface area contributed by atoms with Crippen LogP contribution < -0.4 is 5.32 Å². The van der Waals surface area contributed by atoms with E-state index in [-0.39, 0.29) is 0 Å². The Hall–Kier alpha value is -3.28. The van der Waals surface area contributed by atoms with E-state index in [0.29, 0.717) is 11.3 Å². The molecule has 0 unspecified atom stereocenters. The SMILES string of the molecule is O=C(COC(=O)c1c2c(nc3ccccc13)CCC2)Nc1ccc(F)cc1. The Morgan fingerprint density at radius 2 is 1.85 bits per heavy atom. The number of carbonyl (C=O) groups is 2. The summed E-state index contributed by atoms with van der Waals surface area (Å²) in [5.41, 5.74) is 3.53. The van der Waals surface area contributed by atoms with Crippen LogP contribution in [0.5, 0.6) is 0 Å². The van der Waals surface area contributed by atoms with Gasteiger partial charge in [0, 0.05) is 16.8 Å². The van der Waals surface area contributed by atoms with Crippen molar-refractivity contribution in [1.82, 2.24) is 4.98 Å². The molecule has 27 heavy (non-hydrogen) atoms. The molecule has 0 spiro atoms. The zero-order valence-electron chi connectivity index (χ0n) is 14.5. The van der Waals surface area contributed by atoms with E-state index < -0.39 is 24.3 Å². The van der Waals surface area contributed by atoms with E-state index in [0.717, 1.165) is 41.4 Å². The third-order valence-corrected chi connectivity index (χ3v) is 4.59. The maximum Gasteiger partial charge on any atom is 0.339 e. The lowest BCUT2D eigenvalue weighted by Crippen LogP contribution is -2.21. The van der Waals surface area contributed by atoms with Gasteiger partial charge in [0.05, 0.1) is 11.1 Å². The number of amides is 1. The molecule has 0 bridgehead atoms. The lowest BCUT2D eigenvalue weighted by atomic mass is 10.0. The molecule has 0 aliphatic heterocycles. The van der Waals surface area contributed by atoms with E-state index in [2.05, 4.69) is 10.3 Å². The van der Waals surface area contributed by atoms with Crippen LogP contribution in [-0.4, -0.2) is 23.5 Å². The number of hydrogen-bond donors (Lipinski definition) is 1. The van der Waals surface area contributed by atoms with Crippen LogP contribution in [0.2, 0.25) is 0 Å². The first-order chi connectivity index (χ1) is 13.1. The van der Waals surface area contributed by atoms with Crippen molar-refractivity contribution in [3.63, 3.8) is 0 Å². The number of nitrogens with one attached hydrogen (secondary N) is 1. The van der Waals surface area contributed by atoms with Gasteiger partial charge in [0.25, 0.3) is 5.91 Å². The average Bonchev–Trinajstić information content (AvgIpc) is 3.14. The zero-order chi connectivity index (χ0) is 18.8. The Labute approximate surface area is 155 Å². The summed E-state index contributed by atoms with van der Waals surface area (Å²) < 4.78 is 18.2. The Balaban J connectivity index is 1.52. The number of esters is 1. The van der Waals surface area contributed by atoms with E-state index >= 15 is 0 Å². The van der Waals surface area contributed by atoms with Gasteiger partial charge in [-0.05, 0) is 55.2 Å². The van der Waals surface area contributed by atoms with Gasteiger partial charge in [-0.25, -0.2) is 9.18 Å². The number of pyridine rings is 1. The van der Waals surface area contributed by atoms with Gasteiger partial charge in [0.1, 0.15) is 5.82 Å². The van der Waals surface area contributed by atoms with Gasteiger partial charge in [-0.3, -0.25) is 9.78 Å². The number of benzene rings is 2. The second kappa shape index (κ2) is 7.15. The third-order valence-electron chi connectivity index (χ3n) is 4.59. The largest absolute Gasteiger partial charge is 0.452 e. The Kier molecular flexibility index (Phi) is 4.54. The standard InChI is InChI=1S/C21H17FN2O3/c22-13-8-10-14(11-9-13)23-19(25)12-27-21(26)20-15-4-1-2-6-17(15)24-18-7-3-5-16(18)20/h1-2,4,6,8-11H,3,5,7,12H2,(H,23,25). The molecule has 5 nitrogen and oxygen atoms in total. The summed E-state index contributed by atoms with van der Waals surface area (Å²) in [6.07, 6.45) is 2.56. The molecule has 136 valence electrons. The molecule has 0 saturated carbocycles. The predicted molar refractivity (Wildman–Crippen MR) is 99.1 cm³/mol. The lowest BCUT2D eigenvalue weighted by molar-refractivity contribution is -0.119. The molecule has 1 aromatic heterocycles. The molecule has 6 heteroatoms. The van der Waals surface area contributed by atoms with Crippen molar-refractivity contribution in [3.8, 4) is 0 Å². The first-order valence-electron chi connectivity index (χ1n) is 8.75. The molecular weight excluding hydrogens is 347 g/mol. The lowest BCUT2D eigenvalue weighted by Gasteiger charge is -2.12. The van der Waals surface area contributed by atoms with Crippen LogP contribution >= 0.6 is 0 Å². The van der Waals surface area contributed by atoms with E-state index in [1.807, 2.05) is 24.3 Å². The van der Waals surface area contributed by atoms with Gasteiger partial charge in [0.2, 0.25) is 0 Å². The van der Waals surface area contributed by atoms with Crippen LogP contribution in [0.1, 0.15) is 28.0 Å². The number of aromatic nitrogens is 1. The molecule has 0 atom stereocenters. The minimum atomic E-state index is -0.527. The van der Waals surface area contributed by atoms with Crippen LogP contribution in [0.4, 0.5) is 10.1 Å². The number of fused-ring (bicyclic) bond motifs is 2. The normalized spacial score (nSPS) is 12.6. The van der Waals surface area contributed by atoms with Crippen LogP contribution in [0, 0.1) is 5.82 Å². The predicted octanol–water partition coefficient (Wildman–Crippen LogP) is 3.66. The Morgan fingerprint density at radius 1 is 1.07 bits per heavy atom. The van der Waals surface area contributed by atoms with Gasteiger partial charge >= 0.3 is 5.97 Å². The van der Waals surface area contributed by atoms with Crippen molar-refractivity contribution in [2.24, 2.45) is 0 Å². The Bertz CT molecular complexity index is 1030. The fourth-order valence-corrected chi connectivity index (χ4v) is 3.38. The fraction of sp³-hybridized carbons (Fsp3) is 0.190. The molecule has 1 aliphatic carbocycles. The van der Waals surface area contributed by atoms with Gasteiger partial charge in [-0.2, -0.15) is 0 Å². The molecule has 1 heterocycles. The third kappa shape index (κ3) is 3.51. The van der Waals surface area contributed by atoms with E-state index in [9.17, 15) is 14.0 Å². The smallest absolute Gasteiger partial charge is 0.339 e. The maximum atomic E-state index is 12.9. The van der Waals surface area contributed by atoms with Crippen LogP contribution in [0.15, 0.2) is 48.5 Å². The molecule has 4 rings (SSSR count). The monoisotopic (exact) mass is 364 g/mol. The molecule has 1 aliphatic rings. The number of rotatable bonds is 4. The van der Waals surface area contributed by atoms with Crippen molar-refractivity contribution in [2.45, 2.75) is 19.3 Å². The van der Waals surface area contributed by atoms with Crippen molar-refractivity contribution < 1.29 is 18.7 Å². The molecule has 2 aromatic carbocycles. The summed E-state index contributed by atoms with van der Waals surface area (Å²) in [6, 6.07) is 12.8. The second-order valence-corrected chi connectivity index (χ2v) is 6.41. The summed E-state index contributed by atoms with van der Waals surface area (Å²) in [5.74, 6) is -1.40. The number of anilines is 1. The highest BCUT2D eigenvalue weighted by atomic mass is 19.1. The molecule has 1 amide bonds. The van der Waals surface area contributed by atoms with Crippen molar-refractivity contribution in [1.29, 1.82) is 0 Å². The first kappa shape index (κ1) is 17.1. The van der Waals surface area contributed by atoms with Crippen LogP contribution in [-0.2, 0) is 22.4 Å². The average molecular weight is 364 g/mol.